The van der Waals surface area contributed by atoms with E-state index >= 15 is 0 Å². The summed E-state index contributed by atoms with van der Waals surface area (Å²) < 4.78 is 0. The summed E-state index contributed by atoms with van der Waals surface area (Å²) in [6.07, 6.45) is 0. The monoisotopic (exact) mass is 233 g/mol. The second kappa shape index (κ2) is 4.35. The Labute approximate surface area is 94.0 Å². The molecule has 2 rings (SSSR count). The number of benzene rings is 1. The zero-order valence-electron chi connectivity index (χ0n) is 8.27. The van der Waals surface area contributed by atoms with Gasteiger partial charge < -0.3 is 5.11 Å². The highest BCUT2D eigenvalue weighted by Crippen LogP contribution is 2.13. The number of hydrogen-bond donors (Lipinski definition) is 1. The normalized spacial score (nSPS) is 11.4. The highest BCUT2D eigenvalue weighted by Gasteiger charge is 2.05. The highest BCUT2D eigenvalue weighted by atomic mass is 16.6. The zero-order chi connectivity index (χ0) is 12.3. The van der Waals surface area contributed by atoms with Crippen molar-refractivity contribution in [3.05, 3.63) is 39.9 Å². The first-order chi connectivity index (χ1) is 8.16. The van der Waals surface area contributed by atoms with Crippen LogP contribution in [-0.4, -0.2) is 31.4 Å². The van der Waals surface area contributed by atoms with Crippen LogP contribution in [0, 0.1) is 10.1 Å². The lowest BCUT2D eigenvalue weighted by Crippen LogP contribution is -2.18. The van der Waals surface area contributed by atoms with Gasteiger partial charge in [-0.1, -0.05) is 17.2 Å². The molecule has 0 atom stereocenters. The van der Waals surface area contributed by atoms with Crippen LogP contribution in [0.5, 0.6) is 0 Å². The fourth-order valence-electron chi connectivity index (χ4n) is 1.11. The van der Waals surface area contributed by atoms with Crippen molar-refractivity contribution < 1.29 is 10.0 Å². The maximum atomic E-state index is 11.6. The van der Waals surface area contributed by atoms with E-state index in [2.05, 4.69) is 25.6 Å². The summed E-state index contributed by atoms with van der Waals surface area (Å²) in [7, 11) is 0. The van der Waals surface area contributed by atoms with Crippen molar-refractivity contribution in [1.82, 2.24) is 20.6 Å². The van der Waals surface area contributed by atoms with Crippen LogP contribution >= 0.6 is 0 Å². The van der Waals surface area contributed by atoms with Crippen molar-refractivity contribution in [2.24, 2.45) is 4.99 Å². The number of hydrogen-bond acceptors (Lipinski definition) is 7. The van der Waals surface area contributed by atoms with Gasteiger partial charge in [0.15, 0.2) is 0 Å². The van der Waals surface area contributed by atoms with Crippen molar-refractivity contribution in [3.63, 3.8) is 0 Å². The van der Waals surface area contributed by atoms with Gasteiger partial charge >= 0.3 is 0 Å². The molecule has 86 valence electrons. The molecule has 1 aromatic heterocycles. The molecule has 9 heteroatoms. The Morgan fingerprint density at radius 3 is 2.94 bits per heavy atom. The Morgan fingerprint density at radius 1 is 1.47 bits per heavy atom. The molecule has 0 aliphatic rings. The van der Waals surface area contributed by atoms with Crippen LogP contribution < -0.4 is 5.11 Å². The molecule has 9 nitrogen and oxygen atoms in total. The number of nitrogens with zero attached hydrogens (tertiary/aromatic N) is 5. The van der Waals surface area contributed by atoms with E-state index in [4.69, 9.17) is 0 Å². The largest absolute Gasteiger partial charge is 0.858 e. The minimum atomic E-state index is -0.671. The van der Waals surface area contributed by atoms with Crippen molar-refractivity contribution in [1.29, 1.82) is 0 Å². The molecule has 2 aromatic rings. The van der Waals surface area contributed by atoms with Crippen molar-refractivity contribution in [2.75, 3.05) is 0 Å². The van der Waals surface area contributed by atoms with Crippen LogP contribution in [0.4, 0.5) is 11.6 Å². The zero-order valence-corrected chi connectivity index (χ0v) is 8.27. The quantitative estimate of drug-likeness (QED) is 0.330. The molecule has 0 aliphatic heterocycles. The van der Waals surface area contributed by atoms with Crippen molar-refractivity contribution >= 4 is 17.5 Å². The summed E-state index contributed by atoms with van der Waals surface area (Å²) in [6, 6.07) is 5.23. The Morgan fingerprint density at radius 2 is 2.29 bits per heavy atom. The first kappa shape index (κ1) is 10.7. The molecule has 1 N–H and O–H groups in total. The number of non-ortho nitro benzene ring substituents is 1. The van der Waals surface area contributed by atoms with E-state index in [1.165, 1.54) is 18.2 Å². The molecule has 0 saturated carbocycles. The van der Waals surface area contributed by atoms with Crippen LogP contribution in [0.2, 0.25) is 0 Å². The van der Waals surface area contributed by atoms with Crippen LogP contribution in [-0.2, 0) is 0 Å². The van der Waals surface area contributed by atoms with Crippen LogP contribution in [0.3, 0.4) is 0 Å². The Bertz CT molecular complexity index is 564. The lowest BCUT2D eigenvalue weighted by Gasteiger charge is -2.08. The fourth-order valence-corrected chi connectivity index (χ4v) is 1.11. The van der Waals surface area contributed by atoms with Gasteiger partial charge in [-0.2, -0.15) is 5.21 Å². The molecule has 17 heavy (non-hydrogen) atoms. The Hall–Kier alpha value is -2.84. The van der Waals surface area contributed by atoms with Gasteiger partial charge in [-0.05, 0) is 16.7 Å². The third kappa shape index (κ3) is 2.40. The van der Waals surface area contributed by atoms with E-state index < -0.39 is 10.8 Å². The lowest BCUT2D eigenvalue weighted by molar-refractivity contribution is -0.384. The molecule has 1 aromatic carbocycles. The predicted octanol–water partition coefficient (Wildman–Crippen LogP) is -0.454. The SMILES string of the molecule is O=[N+]([O-])c1cccc(C([O-])=Nc2nn[nH]n2)c1. The number of tetrazole rings is 1. The van der Waals surface area contributed by atoms with Gasteiger partial charge in [-0.15, -0.1) is 5.10 Å². The van der Waals surface area contributed by atoms with Crippen LogP contribution in [0.1, 0.15) is 5.56 Å². The molecule has 0 aliphatic carbocycles. The number of rotatable bonds is 3. The van der Waals surface area contributed by atoms with Crippen molar-refractivity contribution in [3.8, 4) is 0 Å². The van der Waals surface area contributed by atoms with Gasteiger partial charge in [-0.25, -0.2) is 4.99 Å². The maximum Gasteiger partial charge on any atom is 0.288 e. The number of aromatic amines is 1. The van der Waals surface area contributed by atoms with Gasteiger partial charge in [0, 0.05) is 12.1 Å². The smallest absolute Gasteiger partial charge is 0.288 e. The molecule has 0 unspecified atom stereocenters. The Kier molecular flexibility index (Phi) is 2.73. The third-order valence-electron chi connectivity index (χ3n) is 1.84. The van der Waals surface area contributed by atoms with Crippen LogP contribution in [0.25, 0.3) is 0 Å². The van der Waals surface area contributed by atoms with Crippen LogP contribution in [0.15, 0.2) is 29.3 Å². The van der Waals surface area contributed by atoms with E-state index in [0.29, 0.717) is 0 Å². The first-order valence-electron chi connectivity index (χ1n) is 4.41. The second-order valence-corrected chi connectivity index (χ2v) is 2.94. The molecule has 0 radical (unpaired) electrons. The summed E-state index contributed by atoms with van der Waals surface area (Å²) in [5.74, 6) is -0.795. The molecule has 0 spiro atoms. The number of nitrogens with one attached hydrogen (secondary N) is 1. The van der Waals surface area contributed by atoms with Gasteiger partial charge in [0.1, 0.15) is 0 Å². The van der Waals surface area contributed by atoms with Crippen molar-refractivity contribution in [2.45, 2.75) is 0 Å². The van der Waals surface area contributed by atoms with E-state index in [-0.39, 0.29) is 17.2 Å². The molecule has 0 amide bonds. The number of nitro benzene ring substituents is 1. The number of aromatic nitrogens is 4. The minimum absolute atomic E-state index is 0.0870. The topological polar surface area (TPSA) is 133 Å². The molecule has 1 heterocycles. The highest BCUT2D eigenvalue weighted by molar-refractivity contribution is 5.92. The predicted molar refractivity (Wildman–Crippen MR) is 53.5 cm³/mol. The molecular formula is C8H5N6O3-. The maximum absolute atomic E-state index is 11.6. The lowest BCUT2D eigenvalue weighted by atomic mass is 10.2. The van der Waals surface area contributed by atoms with E-state index in [9.17, 15) is 15.2 Å². The number of nitro groups is 1. The third-order valence-corrected chi connectivity index (χ3v) is 1.84. The molecular weight excluding hydrogens is 228 g/mol. The van der Waals surface area contributed by atoms with Gasteiger partial charge in [-0.3, -0.25) is 10.1 Å². The molecule has 0 bridgehead atoms. The average Bonchev–Trinajstić information content (AvgIpc) is 2.82. The minimum Gasteiger partial charge on any atom is -0.858 e. The van der Waals surface area contributed by atoms with Gasteiger partial charge in [0.05, 0.1) is 4.92 Å². The van der Waals surface area contributed by atoms with E-state index in [0.717, 1.165) is 6.07 Å². The second-order valence-electron chi connectivity index (χ2n) is 2.94. The fraction of sp³-hybridized carbons (Fsp3) is 0. The standard InChI is InChI=1S/C8H6N6O3/c15-7(9-8-10-12-13-11-8)5-2-1-3-6(4-5)14(16)17/h1-4H,(H2,9,10,11,12,13,15)/p-1. The average molecular weight is 233 g/mol. The van der Waals surface area contributed by atoms with E-state index in [1.807, 2.05) is 0 Å². The summed E-state index contributed by atoms with van der Waals surface area (Å²) in [4.78, 5) is 13.4. The summed E-state index contributed by atoms with van der Waals surface area (Å²) in [5, 5.41) is 34.4. The summed E-state index contributed by atoms with van der Waals surface area (Å²) in [5.41, 5.74) is -0.0943. The molecule has 0 fully saturated rings. The summed E-state index contributed by atoms with van der Waals surface area (Å²) >= 11 is 0. The van der Waals surface area contributed by atoms with Gasteiger partial charge in [0.2, 0.25) is 0 Å². The van der Waals surface area contributed by atoms with E-state index in [1.54, 1.807) is 0 Å². The number of aliphatic imine (C=N–C) groups is 1. The Balaban J connectivity index is 2.34. The number of H-pyrrole nitrogens is 1. The summed E-state index contributed by atoms with van der Waals surface area (Å²) in [6.45, 7) is 0. The molecule has 0 saturated heterocycles. The van der Waals surface area contributed by atoms with Gasteiger partial charge in [0.25, 0.3) is 11.6 Å². The first-order valence-corrected chi connectivity index (χ1v) is 4.41.